The molecule has 0 spiro atoms. The Morgan fingerprint density at radius 3 is 1.94 bits per heavy atom. The topological polar surface area (TPSA) is 0 Å². The van der Waals surface area contributed by atoms with E-state index in [2.05, 4.69) is 47.2 Å². The van der Waals surface area contributed by atoms with Gasteiger partial charge in [0, 0.05) is 0 Å². The molecule has 0 nitrogen and oxygen atoms in total. The third kappa shape index (κ3) is 5.39. The third-order valence-corrected chi connectivity index (χ3v) is 12.1. The fourth-order valence-electron chi connectivity index (χ4n) is 10.6. The van der Waals surface area contributed by atoms with Gasteiger partial charge in [-0.1, -0.05) is 86.0 Å². The van der Waals surface area contributed by atoms with Crippen LogP contribution in [-0.2, 0) is 0 Å². The van der Waals surface area contributed by atoms with Crippen molar-refractivity contribution in [1.82, 2.24) is 0 Å². The van der Waals surface area contributed by atoms with Crippen LogP contribution in [0.1, 0.15) is 125 Å². The molecule has 192 valence electrons. The summed E-state index contributed by atoms with van der Waals surface area (Å²) < 4.78 is 0. The lowest BCUT2D eigenvalue weighted by Crippen LogP contribution is -2.51. The third-order valence-electron chi connectivity index (χ3n) is 11.9. The molecule has 0 aliphatic heterocycles. The van der Waals surface area contributed by atoms with Gasteiger partial charge in [0.15, 0.2) is 0 Å². The van der Waals surface area contributed by atoms with E-state index in [4.69, 9.17) is 0 Å². The Kier molecular flexibility index (Phi) is 9.65. The van der Waals surface area contributed by atoms with Crippen LogP contribution in [-0.4, -0.2) is 5.75 Å². The van der Waals surface area contributed by atoms with Crippen LogP contribution < -0.4 is 0 Å². The Bertz CT molecular complexity index is 585. The SMILES string of the molecule is CCCC1CC(CC)CCC(CC)CC(C2C(CCC)C3C2CC2C(C)CC(CCS)C23)C1. The van der Waals surface area contributed by atoms with Gasteiger partial charge in [-0.25, -0.2) is 0 Å². The van der Waals surface area contributed by atoms with Crippen LogP contribution in [0.4, 0.5) is 0 Å². The molecule has 0 bridgehead atoms. The molecule has 4 saturated carbocycles. The van der Waals surface area contributed by atoms with E-state index in [1.165, 1.54) is 64.2 Å². The first-order chi connectivity index (χ1) is 16.1. The van der Waals surface area contributed by atoms with Crippen LogP contribution in [0.25, 0.3) is 0 Å². The van der Waals surface area contributed by atoms with E-state index in [0.29, 0.717) is 0 Å². The van der Waals surface area contributed by atoms with Gasteiger partial charge in [-0.2, -0.15) is 12.6 Å². The molecule has 12 atom stereocenters. The molecule has 33 heavy (non-hydrogen) atoms. The Balaban J connectivity index is 1.57. The van der Waals surface area contributed by atoms with Crippen molar-refractivity contribution in [3.05, 3.63) is 0 Å². The standard InChI is InChI=1S/C32H58S/c1-6-10-24-17-22(8-3)12-13-23(9-4)18-26(19-24)30-27(11-7-2)32-29(30)20-28-21(5)16-25(14-15-33)31(28)32/h21-33H,6-20H2,1-5H3. The second-order valence-corrected chi connectivity index (χ2v) is 13.9. The van der Waals surface area contributed by atoms with Gasteiger partial charge >= 0.3 is 0 Å². The van der Waals surface area contributed by atoms with E-state index in [1.54, 1.807) is 25.7 Å². The minimum atomic E-state index is 0.982. The predicted octanol–water partition coefficient (Wildman–Crippen LogP) is 9.93. The molecule has 4 rings (SSSR count). The van der Waals surface area contributed by atoms with Crippen molar-refractivity contribution in [2.45, 2.75) is 125 Å². The first kappa shape index (κ1) is 26.4. The first-order valence-electron chi connectivity index (χ1n) is 15.7. The zero-order valence-electron chi connectivity index (χ0n) is 23.0. The molecule has 0 N–H and O–H groups in total. The highest BCUT2D eigenvalue weighted by Gasteiger charge is 2.64. The van der Waals surface area contributed by atoms with E-state index in [0.717, 1.165) is 76.8 Å². The molecular formula is C32H58S. The summed E-state index contributed by atoms with van der Waals surface area (Å²) in [4.78, 5) is 0. The minimum Gasteiger partial charge on any atom is -0.179 e. The summed E-state index contributed by atoms with van der Waals surface area (Å²) in [6.45, 7) is 12.5. The maximum atomic E-state index is 4.69. The lowest BCUT2D eigenvalue weighted by atomic mass is 9.49. The van der Waals surface area contributed by atoms with Gasteiger partial charge < -0.3 is 0 Å². The molecule has 0 aromatic rings. The molecule has 0 aromatic heterocycles. The van der Waals surface area contributed by atoms with E-state index in [9.17, 15) is 0 Å². The van der Waals surface area contributed by atoms with E-state index < -0.39 is 0 Å². The molecule has 4 aliphatic carbocycles. The summed E-state index contributed by atoms with van der Waals surface area (Å²) in [5.74, 6) is 13.6. The van der Waals surface area contributed by atoms with E-state index >= 15 is 0 Å². The normalized spacial score (nSPS) is 47.8. The summed E-state index contributed by atoms with van der Waals surface area (Å²) in [6.07, 6.45) is 20.9. The van der Waals surface area contributed by atoms with Crippen molar-refractivity contribution in [3.8, 4) is 0 Å². The quantitative estimate of drug-likeness (QED) is 0.316. The summed E-state index contributed by atoms with van der Waals surface area (Å²) >= 11 is 4.69. The average Bonchev–Trinajstić information content (AvgIpc) is 3.30. The highest BCUT2D eigenvalue weighted by atomic mass is 32.1. The molecule has 1 heteroatoms. The Morgan fingerprint density at radius 2 is 1.30 bits per heavy atom. The number of fused-ring (bicyclic) bond motifs is 3. The summed E-state index contributed by atoms with van der Waals surface area (Å²) in [5, 5.41) is 0. The van der Waals surface area contributed by atoms with Crippen molar-refractivity contribution in [1.29, 1.82) is 0 Å². The summed E-state index contributed by atoms with van der Waals surface area (Å²) in [7, 11) is 0. The smallest absolute Gasteiger partial charge is 0.00952 e. The lowest BCUT2D eigenvalue weighted by Gasteiger charge is -2.56. The average molecular weight is 475 g/mol. The monoisotopic (exact) mass is 474 g/mol. The van der Waals surface area contributed by atoms with Crippen molar-refractivity contribution in [2.24, 2.45) is 71.0 Å². The second kappa shape index (κ2) is 12.1. The maximum Gasteiger partial charge on any atom is -0.00952 e. The molecule has 12 unspecified atom stereocenters. The zero-order chi connectivity index (χ0) is 23.5. The number of thiol groups is 1. The highest BCUT2D eigenvalue weighted by molar-refractivity contribution is 7.80. The van der Waals surface area contributed by atoms with Crippen molar-refractivity contribution < 1.29 is 0 Å². The molecule has 4 aliphatic rings. The molecule has 0 aromatic carbocycles. The van der Waals surface area contributed by atoms with Gasteiger partial charge in [-0.05, 0) is 115 Å². The van der Waals surface area contributed by atoms with Gasteiger partial charge in [0.25, 0.3) is 0 Å². The van der Waals surface area contributed by atoms with Gasteiger partial charge in [0.05, 0.1) is 0 Å². The van der Waals surface area contributed by atoms with Gasteiger partial charge in [-0.3, -0.25) is 0 Å². The first-order valence-corrected chi connectivity index (χ1v) is 16.3. The number of hydrogen-bond acceptors (Lipinski definition) is 1. The number of rotatable bonds is 9. The minimum absolute atomic E-state index is 0.982. The largest absolute Gasteiger partial charge is 0.179 e. The van der Waals surface area contributed by atoms with Crippen LogP contribution in [0.2, 0.25) is 0 Å². The second-order valence-electron chi connectivity index (χ2n) is 13.5. The predicted molar refractivity (Wildman–Crippen MR) is 149 cm³/mol. The Morgan fingerprint density at radius 1 is 0.636 bits per heavy atom. The van der Waals surface area contributed by atoms with Crippen LogP contribution in [0.3, 0.4) is 0 Å². The van der Waals surface area contributed by atoms with Crippen LogP contribution in [0, 0.1) is 71.0 Å². The molecule has 4 fully saturated rings. The molecule has 0 heterocycles. The van der Waals surface area contributed by atoms with E-state index in [1.807, 2.05) is 0 Å². The van der Waals surface area contributed by atoms with Crippen LogP contribution >= 0.6 is 12.6 Å². The lowest BCUT2D eigenvalue weighted by molar-refractivity contribution is -0.0830. The Labute approximate surface area is 213 Å². The van der Waals surface area contributed by atoms with Crippen LogP contribution in [0.15, 0.2) is 0 Å². The maximum absolute atomic E-state index is 4.69. The van der Waals surface area contributed by atoms with Gasteiger partial charge in [0.1, 0.15) is 0 Å². The van der Waals surface area contributed by atoms with Crippen LogP contribution in [0.5, 0.6) is 0 Å². The number of hydrogen-bond donors (Lipinski definition) is 1. The van der Waals surface area contributed by atoms with Crippen molar-refractivity contribution >= 4 is 12.6 Å². The van der Waals surface area contributed by atoms with Gasteiger partial charge in [-0.15, -0.1) is 0 Å². The molecule has 0 radical (unpaired) electrons. The van der Waals surface area contributed by atoms with Gasteiger partial charge in [0.2, 0.25) is 0 Å². The van der Waals surface area contributed by atoms with E-state index in [-0.39, 0.29) is 0 Å². The summed E-state index contributed by atoms with van der Waals surface area (Å²) in [5.41, 5.74) is 0. The fourth-order valence-corrected chi connectivity index (χ4v) is 10.9. The fraction of sp³-hybridized carbons (Fsp3) is 1.00. The molecule has 0 amide bonds. The van der Waals surface area contributed by atoms with Crippen molar-refractivity contribution in [2.75, 3.05) is 5.75 Å². The van der Waals surface area contributed by atoms with Crippen molar-refractivity contribution in [3.63, 3.8) is 0 Å². The highest BCUT2D eigenvalue weighted by Crippen LogP contribution is 2.70. The summed E-state index contributed by atoms with van der Waals surface area (Å²) in [6, 6.07) is 0. The Hall–Kier alpha value is 0.350. The zero-order valence-corrected chi connectivity index (χ0v) is 23.9. The molecular weight excluding hydrogens is 416 g/mol. The molecule has 0 saturated heterocycles.